The van der Waals surface area contributed by atoms with Crippen LogP contribution in [0.2, 0.25) is 10.0 Å². The van der Waals surface area contributed by atoms with Gasteiger partial charge in [-0.15, -0.1) is 0 Å². The number of benzene rings is 1. The first kappa shape index (κ1) is 15.6. The summed E-state index contributed by atoms with van der Waals surface area (Å²) < 4.78 is 0. The average Bonchev–Trinajstić information content (AvgIpc) is 2.43. The second kappa shape index (κ2) is 6.79. The molecule has 1 aromatic rings. The zero-order chi connectivity index (χ0) is 14.7. The van der Waals surface area contributed by atoms with Gasteiger partial charge >= 0.3 is 0 Å². The molecule has 1 heterocycles. The molecule has 0 aromatic heterocycles. The van der Waals surface area contributed by atoms with Crippen molar-refractivity contribution in [3.63, 3.8) is 0 Å². The molecule has 1 fully saturated rings. The van der Waals surface area contributed by atoms with Crippen LogP contribution in [0.3, 0.4) is 0 Å². The summed E-state index contributed by atoms with van der Waals surface area (Å²) in [4.78, 5) is 14.1. The van der Waals surface area contributed by atoms with Gasteiger partial charge in [-0.1, -0.05) is 42.3 Å². The standard InChI is InChI=1S/C15H20Cl2N2O/c1-10-6-7-18-13(8-10)15(20)19(2)9-11-4-3-5-12(16)14(11)17/h3-5,10,13,18H,6-9H2,1-2H3. The quantitative estimate of drug-likeness (QED) is 0.928. The summed E-state index contributed by atoms with van der Waals surface area (Å²) in [5, 5.41) is 4.34. The van der Waals surface area contributed by atoms with E-state index in [9.17, 15) is 4.79 Å². The summed E-state index contributed by atoms with van der Waals surface area (Å²) in [6.45, 7) is 3.57. The van der Waals surface area contributed by atoms with Crippen LogP contribution in [0.4, 0.5) is 0 Å². The van der Waals surface area contributed by atoms with Gasteiger partial charge in [0.1, 0.15) is 0 Å². The molecule has 0 bridgehead atoms. The number of likely N-dealkylation sites (N-methyl/N-ethyl adjacent to an activating group) is 1. The van der Waals surface area contributed by atoms with Gasteiger partial charge in [0.2, 0.25) is 5.91 Å². The van der Waals surface area contributed by atoms with Crippen molar-refractivity contribution in [3.8, 4) is 0 Å². The topological polar surface area (TPSA) is 32.3 Å². The molecule has 1 aromatic carbocycles. The van der Waals surface area contributed by atoms with Crippen molar-refractivity contribution in [2.75, 3.05) is 13.6 Å². The predicted octanol–water partition coefficient (Wildman–Crippen LogP) is 3.34. The lowest BCUT2D eigenvalue weighted by Gasteiger charge is -2.30. The molecular weight excluding hydrogens is 295 g/mol. The zero-order valence-corrected chi connectivity index (χ0v) is 13.3. The van der Waals surface area contributed by atoms with Gasteiger partial charge in [0, 0.05) is 13.6 Å². The number of carbonyl (C=O) groups is 1. The highest BCUT2D eigenvalue weighted by Crippen LogP contribution is 2.26. The van der Waals surface area contributed by atoms with Crippen molar-refractivity contribution in [1.29, 1.82) is 0 Å². The molecule has 1 saturated heterocycles. The monoisotopic (exact) mass is 314 g/mol. The van der Waals surface area contributed by atoms with E-state index >= 15 is 0 Å². The average molecular weight is 315 g/mol. The van der Waals surface area contributed by atoms with Gasteiger partial charge in [0.15, 0.2) is 0 Å². The van der Waals surface area contributed by atoms with Crippen LogP contribution in [0.15, 0.2) is 18.2 Å². The van der Waals surface area contributed by atoms with Crippen LogP contribution in [0.25, 0.3) is 0 Å². The summed E-state index contributed by atoms with van der Waals surface area (Å²) in [7, 11) is 1.81. The lowest BCUT2D eigenvalue weighted by atomic mass is 9.93. The molecular formula is C15H20Cl2N2O. The Morgan fingerprint density at radius 1 is 1.45 bits per heavy atom. The molecule has 110 valence electrons. The van der Waals surface area contributed by atoms with Crippen LogP contribution in [0.5, 0.6) is 0 Å². The van der Waals surface area contributed by atoms with Crippen LogP contribution in [0, 0.1) is 5.92 Å². The van der Waals surface area contributed by atoms with Crippen molar-refractivity contribution in [2.45, 2.75) is 32.4 Å². The highest BCUT2D eigenvalue weighted by molar-refractivity contribution is 6.42. The Balaban J connectivity index is 2.02. The molecule has 1 N–H and O–H groups in total. The van der Waals surface area contributed by atoms with Crippen LogP contribution in [-0.2, 0) is 11.3 Å². The molecule has 0 spiro atoms. The first-order valence-electron chi connectivity index (χ1n) is 6.90. The van der Waals surface area contributed by atoms with Gasteiger partial charge in [0.05, 0.1) is 16.1 Å². The van der Waals surface area contributed by atoms with Crippen LogP contribution in [-0.4, -0.2) is 30.4 Å². The summed E-state index contributed by atoms with van der Waals surface area (Å²) in [6, 6.07) is 5.42. The van der Waals surface area contributed by atoms with Crippen molar-refractivity contribution >= 4 is 29.1 Å². The number of nitrogens with zero attached hydrogens (tertiary/aromatic N) is 1. The number of amides is 1. The Labute approximate surface area is 130 Å². The number of hydrogen-bond donors (Lipinski definition) is 1. The third-order valence-corrected chi connectivity index (χ3v) is 4.64. The molecule has 0 aliphatic carbocycles. The number of hydrogen-bond acceptors (Lipinski definition) is 2. The lowest BCUT2D eigenvalue weighted by Crippen LogP contribution is -2.48. The fraction of sp³-hybridized carbons (Fsp3) is 0.533. The maximum Gasteiger partial charge on any atom is 0.239 e. The highest BCUT2D eigenvalue weighted by Gasteiger charge is 2.27. The van der Waals surface area contributed by atoms with Gasteiger partial charge in [-0.25, -0.2) is 0 Å². The molecule has 20 heavy (non-hydrogen) atoms. The van der Waals surface area contributed by atoms with E-state index in [1.807, 2.05) is 12.1 Å². The summed E-state index contributed by atoms with van der Waals surface area (Å²) in [5.74, 6) is 0.709. The normalized spacial score (nSPS) is 22.6. The Kier molecular flexibility index (Phi) is 5.30. The van der Waals surface area contributed by atoms with E-state index < -0.39 is 0 Å². The predicted molar refractivity (Wildman–Crippen MR) is 83.1 cm³/mol. The van der Waals surface area contributed by atoms with E-state index in [4.69, 9.17) is 23.2 Å². The van der Waals surface area contributed by atoms with Gasteiger partial charge in [0.25, 0.3) is 0 Å². The van der Waals surface area contributed by atoms with Gasteiger partial charge < -0.3 is 10.2 Å². The largest absolute Gasteiger partial charge is 0.340 e. The van der Waals surface area contributed by atoms with Gasteiger partial charge in [-0.3, -0.25) is 4.79 Å². The van der Waals surface area contributed by atoms with E-state index in [0.29, 0.717) is 22.5 Å². The van der Waals surface area contributed by atoms with Gasteiger partial charge in [-0.05, 0) is 36.9 Å². The molecule has 1 amide bonds. The molecule has 1 aliphatic heterocycles. The van der Waals surface area contributed by atoms with Crippen molar-refractivity contribution in [1.82, 2.24) is 10.2 Å². The maximum absolute atomic E-state index is 12.4. The second-order valence-electron chi connectivity index (χ2n) is 5.54. The van der Waals surface area contributed by atoms with Crippen molar-refractivity contribution < 1.29 is 4.79 Å². The summed E-state index contributed by atoms with van der Waals surface area (Å²) in [6.07, 6.45) is 2.03. The van der Waals surface area contributed by atoms with E-state index in [1.54, 1.807) is 18.0 Å². The van der Waals surface area contributed by atoms with Gasteiger partial charge in [-0.2, -0.15) is 0 Å². The van der Waals surface area contributed by atoms with E-state index in [-0.39, 0.29) is 11.9 Å². The Bertz CT molecular complexity index is 493. The SMILES string of the molecule is CC1CCNC(C(=O)N(C)Cc2cccc(Cl)c2Cl)C1. The minimum Gasteiger partial charge on any atom is -0.340 e. The maximum atomic E-state index is 12.4. The van der Waals surface area contributed by atoms with Crippen LogP contribution < -0.4 is 5.32 Å². The lowest BCUT2D eigenvalue weighted by molar-refractivity contribution is -0.133. The Morgan fingerprint density at radius 3 is 2.90 bits per heavy atom. The number of carbonyl (C=O) groups excluding carboxylic acids is 1. The first-order chi connectivity index (χ1) is 9.49. The number of piperidine rings is 1. The zero-order valence-electron chi connectivity index (χ0n) is 11.8. The van der Waals surface area contributed by atoms with E-state index in [1.165, 1.54) is 0 Å². The van der Waals surface area contributed by atoms with E-state index in [0.717, 1.165) is 24.9 Å². The number of halogens is 2. The second-order valence-corrected chi connectivity index (χ2v) is 6.33. The molecule has 3 nitrogen and oxygen atoms in total. The molecule has 0 saturated carbocycles. The molecule has 0 radical (unpaired) electrons. The summed E-state index contributed by atoms with van der Waals surface area (Å²) >= 11 is 12.2. The van der Waals surface area contributed by atoms with Crippen molar-refractivity contribution in [3.05, 3.63) is 33.8 Å². The molecule has 2 atom stereocenters. The molecule has 2 unspecified atom stereocenters. The van der Waals surface area contributed by atoms with Crippen LogP contribution >= 0.6 is 23.2 Å². The Hall–Kier alpha value is -0.770. The number of nitrogens with one attached hydrogen (secondary N) is 1. The minimum absolute atomic E-state index is 0.0818. The van der Waals surface area contributed by atoms with E-state index in [2.05, 4.69) is 12.2 Å². The molecule has 2 rings (SSSR count). The summed E-state index contributed by atoms with van der Waals surface area (Å²) in [5.41, 5.74) is 0.874. The fourth-order valence-electron chi connectivity index (χ4n) is 2.57. The molecule has 5 heteroatoms. The third kappa shape index (κ3) is 3.66. The van der Waals surface area contributed by atoms with Crippen LogP contribution in [0.1, 0.15) is 25.3 Å². The smallest absolute Gasteiger partial charge is 0.239 e. The Morgan fingerprint density at radius 2 is 2.20 bits per heavy atom. The highest BCUT2D eigenvalue weighted by atomic mass is 35.5. The number of rotatable bonds is 3. The first-order valence-corrected chi connectivity index (χ1v) is 7.66. The fourth-order valence-corrected chi connectivity index (χ4v) is 2.95. The van der Waals surface area contributed by atoms with Crippen molar-refractivity contribution in [2.24, 2.45) is 5.92 Å². The minimum atomic E-state index is -0.0818. The molecule has 1 aliphatic rings. The third-order valence-electron chi connectivity index (χ3n) is 3.78.